The molecule has 0 aromatic rings. The van der Waals surface area contributed by atoms with Gasteiger partial charge in [0.15, 0.2) is 0 Å². The Morgan fingerprint density at radius 2 is 2.53 bits per heavy atom. The number of morpholine rings is 1. The summed E-state index contributed by atoms with van der Waals surface area (Å²) >= 11 is 0. The van der Waals surface area contributed by atoms with E-state index in [1.807, 2.05) is 6.92 Å². The third-order valence-corrected chi connectivity index (χ3v) is 2.55. The molecule has 0 bridgehead atoms. The van der Waals surface area contributed by atoms with E-state index < -0.39 is 0 Å². The fourth-order valence-corrected chi connectivity index (χ4v) is 1.57. The topological polar surface area (TPSA) is 70.6 Å². The molecule has 0 aliphatic carbocycles. The second-order valence-electron chi connectivity index (χ2n) is 3.71. The van der Waals surface area contributed by atoms with E-state index in [4.69, 9.17) is 9.84 Å². The summed E-state index contributed by atoms with van der Waals surface area (Å²) in [6.45, 7) is 3.91. The predicted octanol–water partition coefficient (Wildman–Crippen LogP) is -0.748. The number of hydrogen-bond donors (Lipinski definition) is 3. The third kappa shape index (κ3) is 4.15. The minimum Gasteiger partial charge on any atom is -0.396 e. The van der Waals surface area contributed by atoms with Crippen molar-refractivity contribution in [1.82, 2.24) is 10.6 Å². The number of aliphatic hydroxyl groups excluding tert-OH is 1. The van der Waals surface area contributed by atoms with Gasteiger partial charge in [0.05, 0.1) is 13.2 Å². The van der Waals surface area contributed by atoms with E-state index in [9.17, 15) is 4.79 Å². The molecule has 1 rings (SSSR count). The van der Waals surface area contributed by atoms with E-state index in [2.05, 4.69) is 10.6 Å². The maximum atomic E-state index is 11.7. The van der Waals surface area contributed by atoms with Crippen LogP contribution >= 0.6 is 0 Å². The van der Waals surface area contributed by atoms with Gasteiger partial charge >= 0.3 is 0 Å². The highest BCUT2D eigenvalue weighted by Gasteiger charge is 2.22. The summed E-state index contributed by atoms with van der Waals surface area (Å²) in [5.41, 5.74) is 0. The van der Waals surface area contributed by atoms with Gasteiger partial charge < -0.3 is 20.5 Å². The first-order valence-corrected chi connectivity index (χ1v) is 5.50. The molecule has 1 amide bonds. The van der Waals surface area contributed by atoms with Crippen LogP contribution in [0, 0.1) is 0 Å². The average Bonchev–Trinajstić information content (AvgIpc) is 2.29. The number of amides is 1. The molecule has 1 aliphatic rings. The van der Waals surface area contributed by atoms with Crippen LogP contribution < -0.4 is 10.6 Å². The number of ether oxygens (including phenoxy) is 1. The van der Waals surface area contributed by atoms with Crippen molar-refractivity contribution in [2.45, 2.75) is 31.8 Å². The minimum atomic E-state index is -0.244. The van der Waals surface area contributed by atoms with Crippen LogP contribution in [-0.4, -0.2) is 49.5 Å². The molecule has 2 atom stereocenters. The van der Waals surface area contributed by atoms with Gasteiger partial charge in [-0.15, -0.1) is 0 Å². The molecule has 15 heavy (non-hydrogen) atoms. The first kappa shape index (κ1) is 12.4. The van der Waals surface area contributed by atoms with Gasteiger partial charge in [-0.1, -0.05) is 6.92 Å². The summed E-state index contributed by atoms with van der Waals surface area (Å²) in [5, 5.41) is 14.8. The van der Waals surface area contributed by atoms with Crippen LogP contribution in [0.3, 0.4) is 0 Å². The van der Waals surface area contributed by atoms with E-state index >= 15 is 0 Å². The normalized spacial score (nSPS) is 23.5. The molecule has 1 fully saturated rings. The minimum absolute atomic E-state index is 0.0324. The second-order valence-corrected chi connectivity index (χ2v) is 3.71. The van der Waals surface area contributed by atoms with Crippen molar-refractivity contribution in [3.63, 3.8) is 0 Å². The van der Waals surface area contributed by atoms with E-state index in [0.717, 1.165) is 13.0 Å². The van der Waals surface area contributed by atoms with Crippen molar-refractivity contribution in [3.8, 4) is 0 Å². The highest BCUT2D eigenvalue weighted by atomic mass is 16.5. The Balaban J connectivity index is 2.31. The molecule has 1 aliphatic heterocycles. The lowest BCUT2D eigenvalue weighted by Gasteiger charge is -2.25. The van der Waals surface area contributed by atoms with Gasteiger partial charge in [-0.2, -0.15) is 0 Å². The summed E-state index contributed by atoms with van der Waals surface area (Å²) in [4.78, 5) is 11.7. The summed E-state index contributed by atoms with van der Waals surface area (Å²) in [7, 11) is 0. The molecule has 0 radical (unpaired) electrons. The van der Waals surface area contributed by atoms with Crippen molar-refractivity contribution in [1.29, 1.82) is 0 Å². The molecule has 5 nitrogen and oxygen atoms in total. The fraction of sp³-hybridized carbons (Fsp3) is 0.900. The maximum Gasteiger partial charge on any atom is 0.239 e. The molecule has 2 unspecified atom stereocenters. The summed E-state index contributed by atoms with van der Waals surface area (Å²) < 4.78 is 5.21. The largest absolute Gasteiger partial charge is 0.396 e. The zero-order valence-corrected chi connectivity index (χ0v) is 9.16. The molecule has 88 valence electrons. The molecular weight excluding hydrogens is 196 g/mol. The zero-order valence-electron chi connectivity index (χ0n) is 9.16. The van der Waals surface area contributed by atoms with Crippen LogP contribution in [0.4, 0.5) is 0 Å². The molecular formula is C10H20N2O3. The average molecular weight is 216 g/mol. The quantitative estimate of drug-likeness (QED) is 0.565. The van der Waals surface area contributed by atoms with Crippen molar-refractivity contribution in [2.24, 2.45) is 0 Å². The van der Waals surface area contributed by atoms with Crippen LogP contribution in [0.2, 0.25) is 0 Å². The highest BCUT2D eigenvalue weighted by Crippen LogP contribution is 1.99. The Labute approximate surface area is 90.2 Å². The summed E-state index contributed by atoms with van der Waals surface area (Å²) in [6, 6.07) is -0.183. The van der Waals surface area contributed by atoms with E-state index in [1.54, 1.807) is 0 Å². The van der Waals surface area contributed by atoms with Crippen LogP contribution in [0.5, 0.6) is 0 Å². The third-order valence-electron chi connectivity index (χ3n) is 2.55. The lowest BCUT2D eigenvalue weighted by molar-refractivity contribution is -0.126. The van der Waals surface area contributed by atoms with Crippen LogP contribution in [0.1, 0.15) is 19.8 Å². The zero-order chi connectivity index (χ0) is 11.1. The van der Waals surface area contributed by atoms with Crippen molar-refractivity contribution in [2.75, 3.05) is 26.4 Å². The van der Waals surface area contributed by atoms with Gasteiger partial charge in [-0.25, -0.2) is 0 Å². The number of carbonyl (C=O) groups excluding carboxylic acids is 1. The van der Waals surface area contributed by atoms with Gasteiger partial charge in [-0.3, -0.25) is 4.79 Å². The van der Waals surface area contributed by atoms with Gasteiger partial charge in [-0.05, 0) is 12.8 Å². The molecule has 1 heterocycles. The Morgan fingerprint density at radius 1 is 1.73 bits per heavy atom. The molecule has 3 N–H and O–H groups in total. The number of rotatable bonds is 5. The summed E-state index contributed by atoms with van der Waals surface area (Å²) in [5.74, 6) is -0.0324. The maximum absolute atomic E-state index is 11.7. The van der Waals surface area contributed by atoms with Gasteiger partial charge in [0.1, 0.15) is 6.04 Å². The molecule has 0 aromatic heterocycles. The Morgan fingerprint density at radius 3 is 3.07 bits per heavy atom. The summed E-state index contributed by atoms with van der Waals surface area (Å²) in [6.07, 6.45) is 1.44. The lowest BCUT2D eigenvalue weighted by atomic mass is 10.1. The Hall–Kier alpha value is -0.650. The number of hydrogen-bond acceptors (Lipinski definition) is 4. The Bertz CT molecular complexity index is 193. The van der Waals surface area contributed by atoms with Crippen molar-refractivity contribution < 1.29 is 14.6 Å². The fourth-order valence-electron chi connectivity index (χ4n) is 1.57. The van der Waals surface area contributed by atoms with E-state index in [0.29, 0.717) is 19.6 Å². The number of aliphatic hydroxyl groups is 1. The Kier molecular flexibility index (Phi) is 5.60. The monoisotopic (exact) mass is 216 g/mol. The molecule has 0 saturated carbocycles. The molecule has 5 heteroatoms. The highest BCUT2D eigenvalue weighted by molar-refractivity contribution is 5.82. The molecule has 1 saturated heterocycles. The second kappa shape index (κ2) is 6.76. The lowest BCUT2D eigenvalue weighted by Crippen LogP contribution is -2.53. The molecule has 0 aromatic carbocycles. The van der Waals surface area contributed by atoms with E-state index in [1.165, 1.54) is 0 Å². The van der Waals surface area contributed by atoms with Crippen LogP contribution in [0.25, 0.3) is 0 Å². The van der Waals surface area contributed by atoms with Crippen LogP contribution in [0.15, 0.2) is 0 Å². The van der Waals surface area contributed by atoms with Gasteiger partial charge in [0, 0.05) is 19.2 Å². The smallest absolute Gasteiger partial charge is 0.239 e. The van der Waals surface area contributed by atoms with Crippen molar-refractivity contribution >= 4 is 5.91 Å². The SMILES string of the molecule is CCC(CCO)NC(=O)C1COCCN1. The number of carbonyl (C=O) groups is 1. The predicted molar refractivity (Wildman–Crippen MR) is 56.5 cm³/mol. The number of nitrogens with one attached hydrogen (secondary N) is 2. The van der Waals surface area contributed by atoms with Gasteiger partial charge in [0.2, 0.25) is 5.91 Å². The molecule has 0 spiro atoms. The van der Waals surface area contributed by atoms with Gasteiger partial charge in [0.25, 0.3) is 0 Å². The van der Waals surface area contributed by atoms with Crippen LogP contribution in [-0.2, 0) is 9.53 Å². The first-order valence-electron chi connectivity index (χ1n) is 5.50. The first-order chi connectivity index (χ1) is 7.27. The van der Waals surface area contributed by atoms with Crippen molar-refractivity contribution in [3.05, 3.63) is 0 Å². The standard InChI is InChI=1S/C10H20N2O3/c1-2-8(3-5-13)12-10(14)9-7-15-6-4-11-9/h8-9,11,13H,2-7H2,1H3,(H,12,14). The van der Waals surface area contributed by atoms with E-state index in [-0.39, 0.29) is 24.6 Å².